The quantitative estimate of drug-likeness (QED) is 0.378. The second-order valence-electron chi connectivity index (χ2n) is 6.32. The summed E-state index contributed by atoms with van der Waals surface area (Å²) in [7, 11) is 1.57. The van der Waals surface area contributed by atoms with Crippen LogP contribution in [-0.2, 0) is 6.42 Å². The van der Waals surface area contributed by atoms with E-state index in [-0.39, 0.29) is 22.2 Å². The standard InChI is InChI=1S/C18H15Cl2N3O3/c1-26-18-5-4-11(16-7-15(10-2-3-10)21-23(16)18)17(24)6-12-13(19)8-22(25)9-14(12)20/h4-5,7-10H,2-3,6H2,1H3. The third-order valence-corrected chi connectivity index (χ3v) is 5.16. The van der Waals surface area contributed by atoms with Crippen molar-refractivity contribution < 1.29 is 14.3 Å². The fourth-order valence-electron chi connectivity index (χ4n) is 2.99. The number of aromatic nitrogens is 3. The number of carbonyl (C=O) groups is 1. The Labute approximate surface area is 159 Å². The fourth-order valence-corrected chi connectivity index (χ4v) is 3.57. The molecule has 6 nitrogen and oxygen atoms in total. The van der Waals surface area contributed by atoms with Crippen LogP contribution in [0.2, 0.25) is 10.0 Å². The number of nitrogens with zero attached hydrogens (tertiary/aromatic N) is 3. The minimum Gasteiger partial charge on any atom is -0.619 e. The zero-order chi connectivity index (χ0) is 18.4. The summed E-state index contributed by atoms with van der Waals surface area (Å²) in [6.45, 7) is 0. The van der Waals surface area contributed by atoms with E-state index in [0.717, 1.165) is 18.5 Å². The Morgan fingerprint density at radius 3 is 2.65 bits per heavy atom. The van der Waals surface area contributed by atoms with Crippen molar-refractivity contribution in [2.24, 2.45) is 0 Å². The molecule has 3 heterocycles. The van der Waals surface area contributed by atoms with E-state index in [2.05, 4.69) is 5.10 Å². The summed E-state index contributed by atoms with van der Waals surface area (Å²) in [5.41, 5.74) is 2.60. The number of halogens is 2. The molecule has 0 atom stereocenters. The van der Waals surface area contributed by atoms with Crippen LogP contribution >= 0.6 is 23.2 Å². The minimum absolute atomic E-state index is 0.00949. The van der Waals surface area contributed by atoms with Gasteiger partial charge >= 0.3 is 0 Å². The Kier molecular flexibility index (Phi) is 4.25. The van der Waals surface area contributed by atoms with E-state index >= 15 is 0 Å². The summed E-state index contributed by atoms with van der Waals surface area (Å²) in [6, 6.07) is 5.37. The molecule has 26 heavy (non-hydrogen) atoms. The van der Waals surface area contributed by atoms with Gasteiger partial charge < -0.3 is 9.94 Å². The molecule has 0 spiro atoms. The van der Waals surface area contributed by atoms with Crippen molar-refractivity contribution in [2.75, 3.05) is 7.11 Å². The van der Waals surface area contributed by atoms with Crippen molar-refractivity contribution in [1.82, 2.24) is 9.61 Å². The number of fused-ring (bicyclic) bond motifs is 1. The first-order valence-electron chi connectivity index (χ1n) is 8.14. The molecule has 1 saturated carbocycles. The van der Waals surface area contributed by atoms with Crippen LogP contribution in [0.3, 0.4) is 0 Å². The van der Waals surface area contributed by atoms with Gasteiger partial charge in [-0.3, -0.25) is 4.79 Å². The molecule has 0 bridgehead atoms. The third kappa shape index (κ3) is 2.99. The normalized spacial score (nSPS) is 14.0. The van der Waals surface area contributed by atoms with Crippen molar-refractivity contribution in [2.45, 2.75) is 25.2 Å². The maximum absolute atomic E-state index is 12.9. The highest BCUT2D eigenvalue weighted by Crippen LogP contribution is 2.40. The van der Waals surface area contributed by atoms with Gasteiger partial charge in [-0.25, -0.2) is 4.52 Å². The lowest BCUT2D eigenvalue weighted by Crippen LogP contribution is -2.25. The summed E-state index contributed by atoms with van der Waals surface area (Å²) in [5.74, 6) is 0.854. The molecule has 1 aliphatic carbocycles. The zero-order valence-electron chi connectivity index (χ0n) is 13.9. The molecule has 134 valence electrons. The Bertz CT molecular complexity index is 1000. The van der Waals surface area contributed by atoms with E-state index in [1.54, 1.807) is 23.8 Å². The molecule has 0 N–H and O–H groups in total. The second-order valence-corrected chi connectivity index (χ2v) is 7.14. The van der Waals surface area contributed by atoms with E-state index in [1.165, 1.54) is 12.4 Å². The fraction of sp³-hybridized carbons (Fsp3) is 0.278. The molecular weight excluding hydrogens is 377 g/mol. The Morgan fingerprint density at radius 1 is 1.35 bits per heavy atom. The number of ether oxygens (including phenoxy) is 1. The van der Waals surface area contributed by atoms with Gasteiger partial charge in [-0.1, -0.05) is 23.2 Å². The van der Waals surface area contributed by atoms with Gasteiger partial charge in [0, 0.05) is 29.5 Å². The summed E-state index contributed by atoms with van der Waals surface area (Å²) >= 11 is 12.2. The molecule has 0 saturated heterocycles. The van der Waals surface area contributed by atoms with Crippen molar-refractivity contribution in [1.29, 1.82) is 0 Å². The van der Waals surface area contributed by atoms with Gasteiger partial charge in [0.1, 0.15) is 10.0 Å². The van der Waals surface area contributed by atoms with Gasteiger partial charge in [-0.15, -0.1) is 0 Å². The average Bonchev–Trinajstić information content (AvgIpc) is 3.35. The Hall–Kier alpha value is -2.31. The smallest absolute Gasteiger partial charge is 0.214 e. The molecule has 0 amide bonds. The van der Waals surface area contributed by atoms with Crippen LogP contribution < -0.4 is 9.47 Å². The van der Waals surface area contributed by atoms with Gasteiger partial charge in [-0.05, 0) is 25.0 Å². The van der Waals surface area contributed by atoms with Crippen LogP contribution in [0.15, 0.2) is 30.6 Å². The molecule has 0 radical (unpaired) electrons. The number of hydrogen-bond acceptors (Lipinski definition) is 4. The van der Waals surface area contributed by atoms with E-state index in [0.29, 0.717) is 33.2 Å². The van der Waals surface area contributed by atoms with Crippen LogP contribution in [0.1, 0.15) is 40.4 Å². The summed E-state index contributed by atoms with van der Waals surface area (Å²) in [5, 5.41) is 16.3. The SMILES string of the molecule is COc1ccc(C(=O)Cc2c(Cl)c[n+]([O-])cc2Cl)c2cc(C3CC3)nn12. The molecule has 1 fully saturated rings. The molecule has 0 aliphatic heterocycles. The van der Waals surface area contributed by atoms with Gasteiger partial charge in [0.25, 0.3) is 0 Å². The van der Waals surface area contributed by atoms with Crippen LogP contribution in [0.25, 0.3) is 5.52 Å². The van der Waals surface area contributed by atoms with E-state index < -0.39 is 0 Å². The lowest BCUT2D eigenvalue weighted by atomic mass is 10.0. The largest absolute Gasteiger partial charge is 0.619 e. The van der Waals surface area contributed by atoms with Crippen molar-refractivity contribution >= 4 is 34.5 Å². The highest BCUT2D eigenvalue weighted by Gasteiger charge is 2.28. The number of pyridine rings is 2. The van der Waals surface area contributed by atoms with Gasteiger partial charge in [0.05, 0.1) is 18.3 Å². The molecule has 3 aromatic heterocycles. The third-order valence-electron chi connectivity index (χ3n) is 4.51. The van der Waals surface area contributed by atoms with Crippen molar-refractivity contribution in [3.05, 3.63) is 62.7 Å². The number of rotatable bonds is 5. The predicted octanol–water partition coefficient (Wildman–Crippen LogP) is 3.59. The number of carbonyl (C=O) groups excluding carboxylic acids is 1. The monoisotopic (exact) mass is 391 g/mol. The second kappa shape index (κ2) is 6.45. The molecular formula is C18H15Cl2N3O3. The van der Waals surface area contributed by atoms with Crippen molar-refractivity contribution in [3.8, 4) is 5.88 Å². The topological polar surface area (TPSA) is 70.5 Å². The Morgan fingerprint density at radius 2 is 2.04 bits per heavy atom. The van der Waals surface area contributed by atoms with E-state index in [9.17, 15) is 10.0 Å². The van der Waals surface area contributed by atoms with E-state index in [1.807, 2.05) is 6.07 Å². The summed E-state index contributed by atoms with van der Waals surface area (Å²) in [6.07, 6.45) is 4.58. The lowest BCUT2D eigenvalue weighted by molar-refractivity contribution is -0.605. The maximum atomic E-state index is 12.9. The predicted molar refractivity (Wildman–Crippen MR) is 97.2 cm³/mol. The van der Waals surface area contributed by atoms with Gasteiger partial charge in [0.15, 0.2) is 18.2 Å². The number of Topliss-reactive ketones (excluding diaryl/α,β-unsaturated/α-hetero) is 1. The Balaban J connectivity index is 1.75. The summed E-state index contributed by atoms with van der Waals surface area (Å²) < 4.78 is 7.53. The first kappa shape index (κ1) is 17.1. The number of ketones is 1. The minimum atomic E-state index is -0.160. The van der Waals surface area contributed by atoms with Crippen LogP contribution in [0.4, 0.5) is 0 Å². The highest BCUT2D eigenvalue weighted by atomic mass is 35.5. The zero-order valence-corrected chi connectivity index (χ0v) is 15.4. The average molecular weight is 392 g/mol. The molecule has 4 rings (SSSR count). The van der Waals surface area contributed by atoms with Crippen LogP contribution in [0, 0.1) is 5.21 Å². The van der Waals surface area contributed by atoms with Crippen molar-refractivity contribution in [3.63, 3.8) is 0 Å². The van der Waals surface area contributed by atoms with Crippen LogP contribution in [-0.4, -0.2) is 22.5 Å². The van der Waals surface area contributed by atoms with E-state index in [4.69, 9.17) is 27.9 Å². The molecule has 1 aliphatic rings. The molecule has 3 aromatic rings. The lowest BCUT2D eigenvalue weighted by Gasteiger charge is -2.09. The number of methoxy groups -OCH3 is 1. The maximum Gasteiger partial charge on any atom is 0.214 e. The summed E-state index contributed by atoms with van der Waals surface area (Å²) in [4.78, 5) is 12.9. The highest BCUT2D eigenvalue weighted by molar-refractivity contribution is 6.36. The molecule has 0 unspecified atom stereocenters. The molecule has 0 aromatic carbocycles. The first-order valence-corrected chi connectivity index (χ1v) is 8.90. The first-order chi connectivity index (χ1) is 12.5. The molecule has 8 heteroatoms. The van der Waals surface area contributed by atoms with Gasteiger partial charge in [0.2, 0.25) is 5.88 Å². The van der Waals surface area contributed by atoms with Crippen LogP contribution in [0.5, 0.6) is 5.88 Å². The van der Waals surface area contributed by atoms with Gasteiger partial charge in [-0.2, -0.15) is 9.83 Å². The number of hydrogen-bond donors (Lipinski definition) is 0.